The van der Waals surface area contributed by atoms with Crippen molar-refractivity contribution in [2.75, 3.05) is 0 Å². The third-order valence-corrected chi connectivity index (χ3v) is 4.17. The van der Waals surface area contributed by atoms with Crippen LogP contribution in [0.2, 0.25) is 0 Å². The molecule has 0 aliphatic carbocycles. The van der Waals surface area contributed by atoms with E-state index in [0.29, 0.717) is 18.7 Å². The smallest absolute Gasteiger partial charge is 0.254 e. The first kappa shape index (κ1) is 15.8. The number of amides is 1. The Morgan fingerprint density at radius 3 is 2.48 bits per heavy atom. The van der Waals surface area contributed by atoms with E-state index in [0.717, 1.165) is 14.9 Å². The third-order valence-electron chi connectivity index (χ3n) is 3.50. The first-order valence-electron chi connectivity index (χ1n) is 7.33. The summed E-state index contributed by atoms with van der Waals surface area (Å²) in [5.74, 6) is 0.781. The molecule has 3 rings (SSSR count). The minimum Gasteiger partial charge on any atom is -0.467 e. The SMILES string of the molecule is O=C(c1cccc(I)c1)N(Cc1ccccc1)Cc1ccco1. The first-order chi connectivity index (χ1) is 11.2. The minimum atomic E-state index is 0.00349. The van der Waals surface area contributed by atoms with Crippen LogP contribution in [0.4, 0.5) is 0 Å². The van der Waals surface area contributed by atoms with Gasteiger partial charge in [0.2, 0.25) is 0 Å². The van der Waals surface area contributed by atoms with Gasteiger partial charge in [-0.3, -0.25) is 4.79 Å². The normalized spacial score (nSPS) is 10.5. The van der Waals surface area contributed by atoms with Gasteiger partial charge in [0.15, 0.2) is 0 Å². The molecule has 0 radical (unpaired) electrons. The zero-order valence-electron chi connectivity index (χ0n) is 12.5. The van der Waals surface area contributed by atoms with E-state index in [1.165, 1.54) is 0 Å². The lowest BCUT2D eigenvalue weighted by Gasteiger charge is -2.22. The van der Waals surface area contributed by atoms with Gasteiger partial charge in [-0.15, -0.1) is 0 Å². The van der Waals surface area contributed by atoms with E-state index in [9.17, 15) is 4.79 Å². The molecule has 0 unspecified atom stereocenters. The Hall–Kier alpha value is -2.08. The number of rotatable bonds is 5. The van der Waals surface area contributed by atoms with Crippen LogP contribution in [0.15, 0.2) is 77.4 Å². The highest BCUT2D eigenvalue weighted by atomic mass is 127. The van der Waals surface area contributed by atoms with Gasteiger partial charge >= 0.3 is 0 Å². The van der Waals surface area contributed by atoms with Crippen molar-refractivity contribution in [3.8, 4) is 0 Å². The molecule has 0 bridgehead atoms. The molecule has 0 aliphatic rings. The molecule has 23 heavy (non-hydrogen) atoms. The van der Waals surface area contributed by atoms with Crippen LogP contribution in [0, 0.1) is 3.57 Å². The number of nitrogens with zero attached hydrogens (tertiary/aromatic N) is 1. The molecule has 1 aromatic heterocycles. The van der Waals surface area contributed by atoms with E-state index in [1.807, 2.05) is 66.7 Å². The molecule has 0 saturated heterocycles. The Morgan fingerprint density at radius 1 is 0.957 bits per heavy atom. The summed E-state index contributed by atoms with van der Waals surface area (Å²) in [6, 6.07) is 21.4. The van der Waals surface area contributed by atoms with Gasteiger partial charge in [0.25, 0.3) is 5.91 Å². The lowest BCUT2D eigenvalue weighted by molar-refractivity contribution is 0.0717. The van der Waals surface area contributed by atoms with Crippen molar-refractivity contribution in [3.05, 3.63) is 93.5 Å². The average molecular weight is 417 g/mol. The Labute approximate surface area is 149 Å². The van der Waals surface area contributed by atoms with Crippen molar-refractivity contribution >= 4 is 28.5 Å². The highest BCUT2D eigenvalue weighted by Crippen LogP contribution is 2.16. The van der Waals surface area contributed by atoms with Gasteiger partial charge in [-0.05, 0) is 58.5 Å². The summed E-state index contributed by atoms with van der Waals surface area (Å²) in [5.41, 5.74) is 1.79. The quantitative estimate of drug-likeness (QED) is 0.563. The van der Waals surface area contributed by atoms with Gasteiger partial charge in [-0.2, -0.15) is 0 Å². The predicted octanol–water partition coefficient (Wildman–Crippen LogP) is 4.73. The van der Waals surface area contributed by atoms with Crippen LogP contribution in [0.25, 0.3) is 0 Å². The molecule has 116 valence electrons. The van der Waals surface area contributed by atoms with E-state index in [4.69, 9.17) is 4.42 Å². The van der Waals surface area contributed by atoms with Gasteiger partial charge in [-0.25, -0.2) is 0 Å². The Morgan fingerprint density at radius 2 is 1.78 bits per heavy atom. The zero-order chi connectivity index (χ0) is 16.1. The summed E-state index contributed by atoms with van der Waals surface area (Å²) >= 11 is 2.22. The highest BCUT2D eigenvalue weighted by molar-refractivity contribution is 14.1. The first-order valence-corrected chi connectivity index (χ1v) is 8.41. The number of benzene rings is 2. The lowest BCUT2D eigenvalue weighted by atomic mass is 10.1. The van der Waals surface area contributed by atoms with Crippen LogP contribution in [0.1, 0.15) is 21.7 Å². The van der Waals surface area contributed by atoms with Crippen molar-refractivity contribution in [1.29, 1.82) is 0 Å². The molecule has 4 heteroatoms. The van der Waals surface area contributed by atoms with Crippen molar-refractivity contribution in [2.45, 2.75) is 13.1 Å². The Bertz CT molecular complexity index is 769. The molecular weight excluding hydrogens is 401 g/mol. The van der Waals surface area contributed by atoms with Crippen molar-refractivity contribution in [3.63, 3.8) is 0 Å². The summed E-state index contributed by atoms with van der Waals surface area (Å²) < 4.78 is 6.46. The fraction of sp³-hybridized carbons (Fsp3) is 0.105. The maximum atomic E-state index is 12.9. The van der Waals surface area contributed by atoms with E-state index in [-0.39, 0.29) is 5.91 Å². The van der Waals surface area contributed by atoms with Crippen LogP contribution in [-0.4, -0.2) is 10.8 Å². The van der Waals surface area contributed by atoms with E-state index < -0.39 is 0 Å². The molecule has 1 amide bonds. The molecule has 0 fully saturated rings. The van der Waals surface area contributed by atoms with Crippen molar-refractivity contribution < 1.29 is 9.21 Å². The second-order valence-corrected chi connectivity index (χ2v) is 6.48. The zero-order valence-corrected chi connectivity index (χ0v) is 14.6. The van der Waals surface area contributed by atoms with Crippen LogP contribution >= 0.6 is 22.6 Å². The maximum Gasteiger partial charge on any atom is 0.254 e. The maximum absolute atomic E-state index is 12.9. The van der Waals surface area contributed by atoms with Gasteiger partial charge in [0.05, 0.1) is 12.8 Å². The number of carbonyl (C=O) groups is 1. The van der Waals surface area contributed by atoms with Crippen LogP contribution in [0.5, 0.6) is 0 Å². The highest BCUT2D eigenvalue weighted by Gasteiger charge is 2.18. The molecule has 0 saturated carbocycles. The predicted molar refractivity (Wildman–Crippen MR) is 97.9 cm³/mol. The number of furan rings is 1. The molecule has 0 N–H and O–H groups in total. The average Bonchev–Trinajstić information content (AvgIpc) is 3.08. The fourth-order valence-corrected chi connectivity index (χ4v) is 2.94. The Kier molecular flexibility index (Phi) is 5.12. The second-order valence-electron chi connectivity index (χ2n) is 5.24. The summed E-state index contributed by atoms with van der Waals surface area (Å²) in [5, 5.41) is 0. The molecule has 3 nitrogen and oxygen atoms in total. The summed E-state index contributed by atoms with van der Waals surface area (Å²) in [6.45, 7) is 0.998. The standard InChI is InChI=1S/C19H16INO2/c20-17-9-4-8-16(12-17)19(22)21(14-18-10-5-11-23-18)13-15-6-2-1-3-7-15/h1-12H,13-14H2. The fourth-order valence-electron chi connectivity index (χ4n) is 2.40. The van der Waals surface area contributed by atoms with Crippen LogP contribution < -0.4 is 0 Å². The molecule has 0 aliphatic heterocycles. The van der Waals surface area contributed by atoms with Gasteiger partial charge in [-0.1, -0.05) is 36.4 Å². The number of carbonyl (C=O) groups excluding carboxylic acids is 1. The number of hydrogen-bond donors (Lipinski definition) is 0. The van der Waals surface area contributed by atoms with Crippen LogP contribution in [0.3, 0.4) is 0 Å². The Balaban J connectivity index is 1.86. The third kappa shape index (κ3) is 4.22. The number of halogens is 1. The lowest BCUT2D eigenvalue weighted by Crippen LogP contribution is -2.30. The monoisotopic (exact) mass is 417 g/mol. The molecule has 1 heterocycles. The second kappa shape index (κ2) is 7.46. The molecule has 3 aromatic rings. The molecular formula is C19H16INO2. The van der Waals surface area contributed by atoms with E-state index in [1.54, 1.807) is 11.2 Å². The number of hydrogen-bond acceptors (Lipinski definition) is 2. The summed E-state index contributed by atoms with van der Waals surface area (Å²) in [6.07, 6.45) is 1.63. The molecule has 0 spiro atoms. The molecule has 2 aromatic carbocycles. The van der Waals surface area contributed by atoms with Crippen LogP contribution in [-0.2, 0) is 13.1 Å². The van der Waals surface area contributed by atoms with Gasteiger partial charge in [0, 0.05) is 15.7 Å². The molecule has 0 atom stereocenters. The topological polar surface area (TPSA) is 33.5 Å². The van der Waals surface area contributed by atoms with Crippen molar-refractivity contribution in [2.24, 2.45) is 0 Å². The summed E-state index contributed by atoms with van der Waals surface area (Å²) in [7, 11) is 0. The minimum absolute atomic E-state index is 0.00349. The summed E-state index contributed by atoms with van der Waals surface area (Å²) in [4.78, 5) is 14.7. The van der Waals surface area contributed by atoms with E-state index in [2.05, 4.69) is 22.6 Å². The van der Waals surface area contributed by atoms with E-state index >= 15 is 0 Å². The van der Waals surface area contributed by atoms with Crippen molar-refractivity contribution in [1.82, 2.24) is 4.90 Å². The van der Waals surface area contributed by atoms with Gasteiger partial charge < -0.3 is 9.32 Å². The van der Waals surface area contributed by atoms with Gasteiger partial charge in [0.1, 0.15) is 5.76 Å². The largest absolute Gasteiger partial charge is 0.467 e.